The lowest BCUT2D eigenvalue weighted by atomic mass is 9.78. The third-order valence-corrected chi connectivity index (χ3v) is 20.4. The van der Waals surface area contributed by atoms with Crippen LogP contribution in [0.5, 0.6) is 0 Å². The van der Waals surface area contributed by atoms with E-state index < -0.39 is 65.0 Å². The summed E-state index contributed by atoms with van der Waals surface area (Å²) in [4.78, 5) is 117. The van der Waals surface area contributed by atoms with E-state index in [0.29, 0.717) is 75.7 Å². The maximum absolute atomic E-state index is 14.8. The molecule has 7 amide bonds. The van der Waals surface area contributed by atoms with E-state index in [1.165, 1.54) is 0 Å². The van der Waals surface area contributed by atoms with Crippen LogP contribution in [0.1, 0.15) is 134 Å². The van der Waals surface area contributed by atoms with Crippen molar-refractivity contribution >= 4 is 70.7 Å². The Morgan fingerprint density at radius 2 is 1.03 bits per heavy atom. The Hall–Kier alpha value is -4.98. The molecule has 4 saturated heterocycles. The topological polar surface area (TPSA) is 227 Å². The highest BCUT2D eigenvalue weighted by Crippen LogP contribution is 2.50. The van der Waals surface area contributed by atoms with Gasteiger partial charge < -0.3 is 47.0 Å². The van der Waals surface area contributed by atoms with Crippen LogP contribution in [0.2, 0.25) is 0 Å². The summed E-state index contributed by atoms with van der Waals surface area (Å²) in [5, 5.41) is 21.3. The summed E-state index contributed by atoms with van der Waals surface area (Å²) in [6.45, 7) is 11.6. The van der Waals surface area contributed by atoms with Crippen molar-refractivity contribution in [3.05, 3.63) is 70.8 Å². The summed E-state index contributed by atoms with van der Waals surface area (Å²) in [5.41, 5.74) is 2.80. The average Bonchev–Trinajstić information content (AvgIpc) is 4.06. The number of nitrogens with one attached hydrogen (secondary N) is 7. The van der Waals surface area contributed by atoms with Gasteiger partial charge in [0.05, 0.1) is 40.8 Å². The van der Waals surface area contributed by atoms with Gasteiger partial charge in [-0.3, -0.25) is 38.4 Å². The Kier molecular flexibility index (Phi) is 16.7. The van der Waals surface area contributed by atoms with Crippen LogP contribution in [-0.2, 0) is 51.2 Å². The number of likely N-dealkylation sites (N-methyl/N-ethyl adjacent to an activating group) is 2. The minimum atomic E-state index is -0.814. The first kappa shape index (κ1) is 55.8. The molecule has 0 unspecified atom stereocenters. The molecule has 0 aromatic heterocycles. The maximum Gasteiger partial charge on any atom is 0.246 e. The Morgan fingerprint density at radius 1 is 0.579 bits per heavy atom. The summed E-state index contributed by atoms with van der Waals surface area (Å²) >= 11 is 3.30. The number of hydrogen-bond donors (Lipinski definition) is 7. The number of hydrogen-bond acceptors (Lipinski definition) is 12. The molecule has 7 N–H and O–H groups in total. The van der Waals surface area contributed by atoms with Crippen molar-refractivity contribution in [1.29, 1.82) is 0 Å². The second-order valence-electron chi connectivity index (χ2n) is 23.9. The van der Waals surface area contributed by atoms with E-state index in [4.69, 9.17) is 0 Å². The molecule has 2 aromatic carbocycles. The van der Waals surface area contributed by atoms with E-state index in [0.717, 1.165) is 22.3 Å². The first-order valence-corrected chi connectivity index (χ1v) is 29.7. The van der Waals surface area contributed by atoms with Crippen LogP contribution in [0, 0.1) is 22.7 Å². The number of nitrogens with zero attached hydrogens (tertiary/aromatic N) is 2. The van der Waals surface area contributed by atoms with E-state index in [-0.39, 0.29) is 82.3 Å². The van der Waals surface area contributed by atoms with E-state index in [2.05, 4.69) is 37.2 Å². The van der Waals surface area contributed by atoms with Gasteiger partial charge in [-0.2, -0.15) is 0 Å². The van der Waals surface area contributed by atoms with Crippen molar-refractivity contribution in [2.45, 2.75) is 183 Å². The van der Waals surface area contributed by atoms with Gasteiger partial charge in [0.15, 0.2) is 5.78 Å². The van der Waals surface area contributed by atoms with Crippen LogP contribution in [0.3, 0.4) is 0 Å². The fraction of sp³-hybridized carbons (Fsp3) is 0.649. The number of carbonyl (C=O) groups is 8. The van der Waals surface area contributed by atoms with E-state index in [1.807, 2.05) is 76.2 Å². The normalized spacial score (nSPS) is 32.1. The second-order valence-corrected chi connectivity index (χ2v) is 26.5. The van der Waals surface area contributed by atoms with Crippen LogP contribution in [0.15, 0.2) is 48.5 Å². The van der Waals surface area contributed by atoms with Crippen molar-refractivity contribution in [2.75, 3.05) is 25.6 Å². The zero-order chi connectivity index (χ0) is 54.4. The molecule has 9 rings (SSSR count). The summed E-state index contributed by atoms with van der Waals surface area (Å²) < 4.78 is 0. The number of benzene rings is 2. The predicted molar refractivity (Wildman–Crippen MR) is 294 cm³/mol. The molecule has 4 heterocycles. The Balaban J connectivity index is 0.830. The van der Waals surface area contributed by atoms with Gasteiger partial charge in [0.25, 0.3) is 0 Å². The average molecular weight is 1080 g/mol. The smallest absolute Gasteiger partial charge is 0.246 e. The molecular weight excluding hydrogens is 1000 g/mol. The molecule has 4 aliphatic heterocycles. The number of thioether (sulfide) groups is 2. The molecule has 0 radical (unpaired) electrons. The SMILES string of the molecule is CN[C@@H](C)C(=O)N[C@H]1CCS[C@H]2CC(C)(C)[C@@H](C(=O)C[C@H]3c4ccccc4C[C@H]3C(=O)NC3CCC(NC(=O)[C@@H]4Cc5ccccc5[C@@H]4NC(=O)[C@H]4N5C(=O)[C@@H](NC(=O)[C@H](C)NC)CCS[C@H]5CC4(C)C)CC3)N2C1=O. The molecule has 7 aliphatic rings. The lowest BCUT2D eigenvalue weighted by Crippen LogP contribution is -2.58. The number of rotatable bonds is 15. The minimum absolute atomic E-state index is 0.0713. The number of fused-ring (bicyclic) bond motifs is 4. The second kappa shape index (κ2) is 22.8. The number of ketones is 1. The molecule has 19 heteroatoms. The van der Waals surface area contributed by atoms with Crippen molar-refractivity contribution in [1.82, 2.24) is 47.0 Å². The van der Waals surface area contributed by atoms with Crippen molar-refractivity contribution in [3.63, 3.8) is 0 Å². The fourth-order valence-corrected chi connectivity index (χ4v) is 16.6. The Bertz CT molecular complexity index is 2420. The van der Waals surface area contributed by atoms with Gasteiger partial charge in [0.1, 0.15) is 18.1 Å². The monoisotopic (exact) mass is 1080 g/mol. The number of Topliss-reactive ketones (excluding diaryl/α,β-unsaturated/α-hetero) is 1. The van der Waals surface area contributed by atoms with Gasteiger partial charge in [-0.15, -0.1) is 23.5 Å². The first-order valence-electron chi connectivity index (χ1n) is 27.6. The standard InChI is InChI=1S/C57H79N9O8S2/c1-30(58-7)49(68)62-41-21-23-75-44-28-56(3,4)47(65(44)54(41)73)43(67)27-38-36-15-11-9-13-32(36)25-39(38)51(70)60-34-17-19-35(20-18-34)61-52(71)40-26-33-14-10-12-16-37(33)46(40)64-53(72)48-57(5,6)29-45-66(48)55(74)42(22-24-76-45)63-50(69)31(2)59-8/h9-16,30-31,34-35,38-42,44-48,58-59H,17-29H2,1-8H3,(H,60,70)(H,61,71)(H,62,68)(H,63,69)(H,64,72)/t30-,31-,34?,35?,38-,39+,40+,41-,42-,44-,45-,46-,47+,48+/m0/s1. The maximum atomic E-state index is 14.8. The Morgan fingerprint density at radius 3 is 1.55 bits per heavy atom. The molecule has 3 aliphatic carbocycles. The Labute approximate surface area is 456 Å². The van der Waals surface area contributed by atoms with Gasteiger partial charge in [-0.25, -0.2) is 0 Å². The van der Waals surface area contributed by atoms with Crippen LogP contribution in [0.4, 0.5) is 0 Å². The lowest BCUT2D eigenvalue weighted by Gasteiger charge is -2.36. The van der Waals surface area contributed by atoms with Crippen LogP contribution >= 0.6 is 23.5 Å². The van der Waals surface area contributed by atoms with E-state index in [9.17, 15) is 38.4 Å². The molecule has 76 heavy (non-hydrogen) atoms. The lowest BCUT2D eigenvalue weighted by molar-refractivity contribution is -0.144. The van der Waals surface area contributed by atoms with Gasteiger partial charge in [-0.05, 0) is 137 Å². The summed E-state index contributed by atoms with van der Waals surface area (Å²) in [7, 11) is 3.39. The predicted octanol–water partition coefficient (Wildman–Crippen LogP) is 3.84. The summed E-state index contributed by atoms with van der Waals surface area (Å²) in [6.07, 6.45) is 5.84. The van der Waals surface area contributed by atoms with Crippen LogP contribution < -0.4 is 37.2 Å². The number of carbonyl (C=O) groups excluding carboxylic acids is 8. The minimum Gasteiger partial charge on any atom is -0.353 e. The first-order chi connectivity index (χ1) is 36.2. The summed E-state index contributed by atoms with van der Waals surface area (Å²) in [5.74, 6) is -1.78. The molecule has 412 valence electrons. The van der Waals surface area contributed by atoms with Crippen molar-refractivity contribution in [2.24, 2.45) is 22.7 Å². The molecule has 1 saturated carbocycles. The zero-order valence-corrected chi connectivity index (χ0v) is 47.0. The van der Waals surface area contributed by atoms with E-state index in [1.54, 1.807) is 61.3 Å². The van der Waals surface area contributed by atoms with Crippen LogP contribution in [-0.4, -0.2) is 142 Å². The molecule has 12 atom stereocenters. The fourth-order valence-electron chi connectivity index (χ4n) is 13.5. The molecule has 17 nitrogen and oxygen atoms in total. The highest BCUT2D eigenvalue weighted by Gasteiger charge is 2.57. The number of amides is 7. The third kappa shape index (κ3) is 11.2. The largest absolute Gasteiger partial charge is 0.353 e. The van der Waals surface area contributed by atoms with Crippen LogP contribution in [0.25, 0.3) is 0 Å². The van der Waals surface area contributed by atoms with Gasteiger partial charge in [-0.1, -0.05) is 76.2 Å². The van der Waals surface area contributed by atoms with Gasteiger partial charge in [0, 0.05) is 30.3 Å². The molecule has 0 bridgehead atoms. The van der Waals surface area contributed by atoms with Crippen molar-refractivity contribution in [3.8, 4) is 0 Å². The molecule has 0 spiro atoms. The quantitative estimate of drug-likeness (QED) is 0.135. The highest BCUT2D eigenvalue weighted by molar-refractivity contribution is 8.00. The molecular formula is C57H79N9O8S2. The van der Waals surface area contributed by atoms with Crippen molar-refractivity contribution < 1.29 is 38.4 Å². The zero-order valence-electron chi connectivity index (χ0n) is 45.4. The molecule has 5 fully saturated rings. The highest BCUT2D eigenvalue weighted by atomic mass is 32.2. The summed E-state index contributed by atoms with van der Waals surface area (Å²) in [6, 6.07) is 10.9. The van der Waals surface area contributed by atoms with E-state index >= 15 is 0 Å². The third-order valence-electron chi connectivity index (χ3n) is 17.9. The molecule has 2 aromatic rings. The van der Waals surface area contributed by atoms with Gasteiger partial charge >= 0.3 is 0 Å². The van der Waals surface area contributed by atoms with Gasteiger partial charge in [0.2, 0.25) is 41.4 Å².